The Morgan fingerprint density at radius 2 is 1.94 bits per heavy atom. The smallest absolute Gasteiger partial charge is 0.335 e. The van der Waals surface area contributed by atoms with E-state index in [2.05, 4.69) is 28.5 Å². The van der Waals surface area contributed by atoms with E-state index in [9.17, 15) is 30.3 Å². The molecule has 2 spiro atoms. The number of hydrogen-bond donors (Lipinski definition) is 5. The standard InChI is InChI=1S/C37H47NO10S/c1-34(44,10-9-21-4-3-15-49-21)23-17-35-11-12-37(23,45-2)33-36(35)13-14-38(18-19-5-6-19)24(35)16-20-7-8-22(29(48-33)25(20)36)46-32-28(41)26(39)27(40)30(47-32)31(42)43/h3-4,7-8,15,19,23-24,26-28,30,32-33,39-41,44H,5-6,9-14,16-18H2,1-2H3,(H,42,43)/t23?,24-,26+,27+,28-,30+,32-,33-,34-,35-,36+,37+/m1/s1. The van der Waals surface area contributed by atoms with Gasteiger partial charge in [0, 0.05) is 46.9 Å². The van der Waals surface area contributed by atoms with Gasteiger partial charge in [0.15, 0.2) is 17.6 Å². The van der Waals surface area contributed by atoms with Gasteiger partial charge in [-0.3, -0.25) is 4.90 Å². The molecule has 4 saturated carbocycles. The van der Waals surface area contributed by atoms with Crippen LogP contribution in [0.25, 0.3) is 0 Å². The topological polar surface area (TPSA) is 158 Å². The van der Waals surface area contributed by atoms with Gasteiger partial charge in [0.25, 0.3) is 0 Å². The predicted molar refractivity (Wildman–Crippen MR) is 177 cm³/mol. The first-order chi connectivity index (χ1) is 23.5. The minimum absolute atomic E-state index is 0.172. The Bertz CT molecular complexity index is 1630. The molecule has 0 amide bonds. The number of aliphatic carboxylic acids is 1. The molecule has 2 aromatic rings. The van der Waals surface area contributed by atoms with Crippen molar-refractivity contribution in [2.24, 2.45) is 17.3 Å². The van der Waals surface area contributed by atoms with Crippen LogP contribution in [0, 0.1) is 17.3 Å². The highest BCUT2D eigenvalue weighted by Crippen LogP contribution is 2.77. The van der Waals surface area contributed by atoms with E-state index in [1.54, 1.807) is 24.5 Å². The number of hydrogen-bond acceptors (Lipinski definition) is 11. The van der Waals surface area contributed by atoms with Gasteiger partial charge in [-0.05, 0) is 100 Å². The van der Waals surface area contributed by atoms with Crippen LogP contribution in [0.15, 0.2) is 29.6 Å². The quantitative estimate of drug-likeness (QED) is 0.249. The second kappa shape index (κ2) is 11.1. The second-order valence-corrected chi connectivity index (χ2v) is 17.2. The lowest BCUT2D eigenvalue weighted by molar-refractivity contribution is -0.303. The highest BCUT2D eigenvalue weighted by atomic mass is 32.1. The Labute approximate surface area is 289 Å². The summed E-state index contributed by atoms with van der Waals surface area (Å²) < 4.78 is 25.7. The number of fused-ring (bicyclic) bond motifs is 2. The number of nitrogens with zero attached hydrogens (tertiary/aromatic N) is 1. The molecular formula is C37H47NO10S. The number of carboxylic acid groups (broad SMARTS) is 1. The normalized spacial score (nSPS) is 43.1. The number of piperidine rings is 1. The van der Waals surface area contributed by atoms with Crippen LogP contribution >= 0.6 is 11.3 Å². The summed E-state index contributed by atoms with van der Waals surface area (Å²) >= 11 is 1.71. The van der Waals surface area contributed by atoms with E-state index in [-0.39, 0.29) is 16.7 Å². The molecule has 266 valence electrons. The summed E-state index contributed by atoms with van der Waals surface area (Å²) in [4.78, 5) is 15.9. The molecule has 11 nitrogen and oxygen atoms in total. The maximum atomic E-state index is 12.5. The lowest BCUT2D eigenvalue weighted by atomic mass is 9.33. The molecule has 4 bridgehead atoms. The Balaban J connectivity index is 1.14. The monoisotopic (exact) mass is 697 g/mol. The number of rotatable bonds is 10. The molecule has 4 heterocycles. The van der Waals surface area contributed by atoms with Gasteiger partial charge in [-0.25, -0.2) is 4.79 Å². The molecule has 5 N–H and O–H groups in total. The van der Waals surface area contributed by atoms with Gasteiger partial charge in [0.1, 0.15) is 30.0 Å². The number of thiophene rings is 1. The van der Waals surface area contributed by atoms with Crippen molar-refractivity contribution in [3.8, 4) is 11.5 Å². The third-order valence-corrected chi connectivity index (χ3v) is 14.8. The van der Waals surface area contributed by atoms with Gasteiger partial charge >= 0.3 is 5.97 Å². The van der Waals surface area contributed by atoms with Gasteiger partial charge in [0.05, 0.1) is 5.60 Å². The Morgan fingerprint density at radius 3 is 2.65 bits per heavy atom. The molecule has 49 heavy (non-hydrogen) atoms. The van der Waals surface area contributed by atoms with Crippen molar-refractivity contribution in [3.63, 3.8) is 0 Å². The lowest BCUT2D eigenvalue weighted by Gasteiger charge is -2.75. The number of aliphatic hydroxyl groups excluding tert-OH is 3. The minimum atomic E-state index is -1.82. The SMILES string of the molecule is CO[C@@]12CC[C@@]3(CC1[C@](C)(O)CCc1cccs1)[C@H]1Cc4ccc(O[C@@H]5O[C@H](C(=O)O)[C@@H](O)[C@H](O)[C@H]5O)c5c4[C@@]3(CCN1CC1CC1)[C@H]2O5. The molecule has 1 unspecified atom stereocenters. The van der Waals surface area contributed by atoms with Gasteiger partial charge in [-0.1, -0.05) is 12.1 Å². The van der Waals surface area contributed by atoms with Crippen LogP contribution in [-0.2, 0) is 32.5 Å². The number of methoxy groups -OCH3 is 1. The van der Waals surface area contributed by atoms with Crippen molar-refractivity contribution >= 4 is 17.3 Å². The van der Waals surface area contributed by atoms with Crippen LogP contribution < -0.4 is 9.47 Å². The summed E-state index contributed by atoms with van der Waals surface area (Å²) in [6, 6.07) is 8.32. The van der Waals surface area contributed by atoms with Gasteiger partial charge in [-0.2, -0.15) is 0 Å². The van der Waals surface area contributed by atoms with E-state index in [1.165, 1.54) is 23.3 Å². The largest absolute Gasteiger partial charge is 0.482 e. The van der Waals surface area contributed by atoms with Crippen molar-refractivity contribution < 1.29 is 49.3 Å². The fourth-order valence-electron chi connectivity index (χ4n) is 11.5. The summed E-state index contributed by atoms with van der Waals surface area (Å²) in [6.45, 7) is 4.03. The van der Waals surface area contributed by atoms with Gasteiger partial charge in [-0.15, -0.1) is 11.3 Å². The van der Waals surface area contributed by atoms with Crippen LogP contribution in [0.3, 0.4) is 0 Å². The minimum Gasteiger partial charge on any atom is -0.482 e. The van der Waals surface area contributed by atoms with Crippen molar-refractivity contribution in [2.75, 3.05) is 20.2 Å². The zero-order valence-electron chi connectivity index (χ0n) is 28.0. The first-order valence-corrected chi connectivity index (χ1v) is 18.8. The molecule has 2 saturated heterocycles. The fraction of sp³-hybridized carbons (Fsp3) is 0.703. The van der Waals surface area contributed by atoms with Crippen molar-refractivity contribution in [2.45, 2.75) is 124 Å². The highest BCUT2D eigenvalue weighted by molar-refractivity contribution is 7.09. The average Bonchev–Trinajstić information content (AvgIpc) is 3.59. The number of aliphatic hydroxyl groups is 4. The second-order valence-electron chi connectivity index (χ2n) is 16.2. The van der Waals surface area contributed by atoms with E-state index in [1.807, 2.05) is 6.92 Å². The molecule has 8 aliphatic rings. The van der Waals surface area contributed by atoms with E-state index < -0.39 is 54.0 Å². The lowest BCUT2D eigenvalue weighted by Crippen LogP contribution is -2.82. The first kappa shape index (κ1) is 32.6. The van der Waals surface area contributed by atoms with E-state index in [0.29, 0.717) is 24.0 Å². The predicted octanol–water partition coefficient (Wildman–Crippen LogP) is 2.63. The first-order valence-electron chi connectivity index (χ1n) is 17.9. The third kappa shape index (κ3) is 4.41. The van der Waals surface area contributed by atoms with Crippen molar-refractivity contribution in [1.29, 1.82) is 0 Å². The van der Waals surface area contributed by atoms with Gasteiger partial charge < -0.3 is 44.5 Å². The molecule has 1 aromatic carbocycles. The molecule has 1 aromatic heterocycles. The number of carboxylic acids is 1. The summed E-state index contributed by atoms with van der Waals surface area (Å²) in [6.07, 6.45) is -0.777. The third-order valence-electron chi connectivity index (χ3n) is 13.9. The molecule has 5 aliphatic carbocycles. The summed E-state index contributed by atoms with van der Waals surface area (Å²) in [7, 11) is 1.76. The van der Waals surface area contributed by atoms with Crippen LogP contribution in [-0.4, -0.2) is 111 Å². The van der Waals surface area contributed by atoms with Crippen LogP contribution in [0.1, 0.15) is 67.9 Å². The van der Waals surface area contributed by atoms with E-state index in [0.717, 1.165) is 63.1 Å². The number of aryl methyl sites for hydroxylation is 1. The van der Waals surface area contributed by atoms with E-state index in [4.69, 9.17) is 18.9 Å². The Morgan fingerprint density at radius 1 is 1.12 bits per heavy atom. The average molecular weight is 698 g/mol. The summed E-state index contributed by atoms with van der Waals surface area (Å²) in [5.74, 6) is -0.0672. The molecule has 10 rings (SSSR count). The maximum absolute atomic E-state index is 12.5. The van der Waals surface area contributed by atoms with E-state index >= 15 is 0 Å². The summed E-state index contributed by atoms with van der Waals surface area (Å²) in [5, 5.41) is 55.9. The Hall–Kier alpha value is -2.29. The van der Waals surface area contributed by atoms with Gasteiger partial charge in [0.2, 0.25) is 6.29 Å². The molecule has 3 aliphatic heterocycles. The number of ether oxygens (including phenoxy) is 4. The maximum Gasteiger partial charge on any atom is 0.335 e. The summed E-state index contributed by atoms with van der Waals surface area (Å²) in [5.41, 5.74) is -0.0504. The zero-order valence-corrected chi connectivity index (χ0v) is 28.8. The molecule has 0 radical (unpaired) electrons. The Kier molecular flexibility index (Phi) is 7.39. The number of carbonyl (C=O) groups is 1. The fourth-order valence-corrected chi connectivity index (χ4v) is 12.2. The van der Waals surface area contributed by atoms with Crippen LogP contribution in [0.5, 0.6) is 11.5 Å². The molecule has 6 fully saturated rings. The highest BCUT2D eigenvalue weighted by Gasteiger charge is 2.82. The number of benzene rings is 1. The number of likely N-dealkylation sites (tertiary alicyclic amines) is 1. The molecular weight excluding hydrogens is 650 g/mol. The van der Waals surface area contributed by atoms with Crippen LogP contribution in [0.2, 0.25) is 0 Å². The van der Waals surface area contributed by atoms with Crippen LogP contribution in [0.4, 0.5) is 0 Å². The zero-order chi connectivity index (χ0) is 34.1. The van der Waals surface area contributed by atoms with Crippen molar-refractivity contribution in [3.05, 3.63) is 45.6 Å². The molecule has 12 heteroatoms. The molecule has 12 atom stereocenters. The van der Waals surface area contributed by atoms with Crippen molar-refractivity contribution in [1.82, 2.24) is 4.90 Å².